The van der Waals surface area contributed by atoms with Crippen LogP contribution in [0, 0.1) is 0 Å². The third kappa shape index (κ3) is 5.96. The number of anilines is 2. The molecular weight excluding hydrogens is 432 g/mol. The van der Waals surface area contributed by atoms with E-state index in [4.69, 9.17) is 17.0 Å². The molecule has 31 heavy (non-hydrogen) atoms. The molecule has 3 rings (SSSR count). The van der Waals surface area contributed by atoms with Crippen LogP contribution in [0.15, 0.2) is 43.1 Å². The van der Waals surface area contributed by atoms with Gasteiger partial charge in [-0.1, -0.05) is 6.08 Å². The standard InChI is InChI=1S/C21H24N6O2S2/c1-6-11-22-19(30)26-16-9-7-13-18(25-16)24-14(12-23-13)15-8-10-17(31-15)27(5)20(28)29-21(2,3)4/h6-10,12H,1,11H2,2-5H3,(H2,22,24,25,26,30). The van der Waals surface area contributed by atoms with E-state index in [1.165, 1.54) is 16.2 Å². The van der Waals surface area contributed by atoms with E-state index in [-0.39, 0.29) is 0 Å². The Balaban J connectivity index is 1.80. The lowest BCUT2D eigenvalue weighted by Crippen LogP contribution is -2.33. The SMILES string of the molecule is C=CCNC(=S)Nc1ccc2ncc(-c3ccc(N(C)C(=O)OC(C)(C)C)s3)nc2n1. The van der Waals surface area contributed by atoms with Crippen molar-refractivity contribution in [1.82, 2.24) is 20.3 Å². The average Bonchev–Trinajstić information content (AvgIpc) is 3.20. The van der Waals surface area contributed by atoms with Gasteiger partial charge in [-0.3, -0.25) is 9.88 Å². The van der Waals surface area contributed by atoms with Crippen molar-refractivity contribution in [3.63, 3.8) is 0 Å². The molecule has 0 spiro atoms. The van der Waals surface area contributed by atoms with Gasteiger partial charge in [0.25, 0.3) is 0 Å². The van der Waals surface area contributed by atoms with Gasteiger partial charge in [0.15, 0.2) is 10.8 Å². The molecule has 3 heterocycles. The number of rotatable bonds is 5. The Morgan fingerprint density at radius 1 is 1.29 bits per heavy atom. The van der Waals surface area contributed by atoms with Crippen LogP contribution in [0.2, 0.25) is 0 Å². The van der Waals surface area contributed by atoms with Crippen LogP contribution in [0.5, 0.6) is 0 Å². The van der Waals surface area contributed by atoms with Crippen LogP contribution in [-0.4, -0.2) is 45.4 Å². The Labute approximate surface area is 190 Å². The zero-order valence-electron chi connectivity index (χ0n) is 17.8. The van der Waals surface area contributed by atoms with Crippen molar-refractivity contribution in [3.05, 3.63) is 43.1 Å². The molecule has 162 valence electrons. The van der Waals surface area contributed by atoms with E-state index < -0.39 is 11.7 Å². The number of ether oxygens (including phenoxy) is 1. The summed E-state index contributed by atoms with van der Waals surface area (Å²) in [5.41, 5.74) is 1.26. The van der Waals surface area contributed by atoms with Crippen LogP contribution >= 0.6 is 23.6 Å². The minimum absolute atomic E-state index is 0.413. The third-order valence-electron chi connectivity index (χ3n) is 3.90. The van der Waals surface area contributed by atoms with E-state index in [1.807, 2.05) is 39.0 Å². The van der Waals surface area contributed by atoms with Crippen LogP contribution in [-0.2, 0) is 4.74 Å². The first kappa shape index (κ1) is 22.6. The smallest absolute Gasteiger partial charge is 0.415 e. The van der Waals surface area contributed by atoms with E-state index in [1.54, 1.807) is 25.4 Å². The van der Waals surface area contributed by atoms with E-state index in [0.717, 1.165) is 9.88 Å². The molecule has 0 saturated heterocycles. The van der Waals surface area contributed by atoms with Crippen molar-refractivity contribution < 1.29 is 9.53 Å². The van der Waals surface area contributed by atoms with E-state index in [9.17, 15) is 4.79 Å². The Bertz CT molecular complexity index is 1120. The number of carbonyl (C=O) groups excluding carboxylic acids is 1. The highest BCUT2D eigenvalue weighted by molar-refractivity contribution is 7.80. The van der Waals surface area contributed by atoms with Crippen molar-refractivity contribution in [1.29, 1.82) is 0 Å². The molecule has 0 radical (unpaired) electrons. The third-order valence-corrected chi connectivity index (χ3v) is 5.33. The number of fused-ring (bicyclic) bond motifs is 1. The molecular formula is C21H24N6O2S2. The largest absolute Gasteiger partial charge is 0.443 e. The summed E-state index contributed by atoms with van der Waals surface area (Å²) in [4.78, 5) is 28.2. The lowest BCUT2D eigenvalue weighted by Gasteiger charge is -2.23. The minimum Gasteiger partial charge on any atom is -0.443 e. The van der Waals surface area contributed by atoms with Gasteiger partial charge < -0.3 is 15.4 Å². The van der Waals surface area contributed by atoms with Crippen LogP contribution in [0.4, 0.5) is 15.6 Å². The Morgan fingerprint density at radius 2 is 2.06 bits per heavy atom. The lowest BCUT2D eigenvalue weighted by molar-refractivity contribution is 0.0590. The van der Waals surface area contributed by atoms with Gasteiger partial charge in [0.1, 0.15) is 27.6 Å². The van der Waals surface area contributed by atoms with Gasteiger partial charge in [-0.05, 0) is 57.3 Å². The molecule has 0 aliphatic rings. The first-order chi connectivity index (χ1) is 14.7. The maximum absolute atomic E-state index is 12.3. The van der Waals surface area contributed by atoms with Gasteiger partial charge in [-0.2, -0.15) is 0 Å². The zero-order valence-corrected chi connectivity index (χ0v) is 19.4. The molecule has 0 unspecified atom stereocenters. The first-order valence-electron chi connectivity index (χ1n) is 9.53. The molecule has 3 aromatic heterocycles. The van der Waals surface area contributed by atoms with Crippen LogP contribution in [0.25, 0.3) is 21.7 Å². The van der Waals surface area contributed by atoms with Crippen LogP contribution in [0.1, 0.15) is 20.8 Å². The molecule has 8 nitrogen and oxygen atoms in total. The number of nitrogens with zero attached hydrogens (tertiary/aromatic N) is 4. The zero-order chi connectivity index (χ0) is 22.6. The highest BCUT2D eigenvalue weighted by Gasteiger charge is 2.22. The molecule has 0 aromatic carbocycles. The van der Waals surface area contributed by atoms with Gasteiger partial charge in [0.2, 0.25) is 0 Å². The highest BCUT2D eigenvalue weighted by Crippen LogP contribution is 2.33. The fourth-order valence-electron chi connectivity index (χ4n) is 2.48. The normalized spacial score (nSPS) is 11.1. The van der Waals surface area contributed by atoms with Crippen molar-refractivity contribution in [3.8, 4) is 10.6 Å². The fourth-order valence-corrected chi connectivity index (χ4v) is 3.58. The Hall–Kier alpha value is -3.11. The van der Waals surface area contributed by atoms with Gasteiger partial charge in [0.05, 0.1) is 11.1 Å². The van der Waals surface area contributed by atoms with E-state index in [0.29, 0.717) is 34.3 Å². The second kappa shape index (κ2) is 9.36. The monoisotopic (exact) mass is 456 g/mol. The molecule has 0 aliphatic carbocycles. The predicted octanol–water partition coefficient (Wildman–Crippen LogP) is 4.60. The summed E-state index contributed by atoms with van der Waals surface area (Å²) in [6, 6.07) is 7.36. The molecule has 10 heteroatoms. The quantitative estimate of drug-likeness (QED) is 0.425. The number of carbonyl (C=O) groups is 1. The van der Waals surface area contributed by atoms with Gasteiger partial charge in [-0.15, -0.1) is 17.9 Å². The molecule has 0 atom stereocenters. The van der Waals surface area contributed by atoms with Crippen molar-refractivity contribution in [2.45, 2.75) is 26.4 Å². The highest BCUT2D eigenvalue weighted by atomic mass is 32.1. The molecule has 0 saturated carbocycles. The maximum Gasteiger partial charge on any atom is 0.415 e. The fraction of sp³-hybridized carbons (Fsp3) is 0.286. The maximum atomic E-state index is 12.3. The number of amides is 1. The topological polar surface area (TPSA) is 92.3 Å². The summed E-state index contributed by atoms with van der Waals surface area (Å²) in [6.45, 7) is 9.71. The van der Waals surface area contributed by atoms with E-state index >= 15 is 0 Å². The van der Waals surface area contributed by atoms with Crippen molar-refractivity contribution >= 4 is 56.7 Å². The number of aromatic nitrogens is 3. The summed E-state index contributed by atoms with van der Waals surface area (Å²) in [5, 5.41) is 7.20. The lowest BCUT2D eigenvalue weighted by atomic mass is 10.2. The molecule has 2 N–H and O–H groups in total. The van der Waals surface area contributed by atoms with Crippen molar-refractivity contribution in [2.75, 3.05) is 23.8 Å². The van der Waals surface area contributed by atoms with Crippen LogP contribution < -0.4 is 15.5 Å². The number of pyridine rings is 1. The predicted molar refractivity (Wildman–Crippen MR) is 130 cm³/mol. The summed E-state index contributed by atoms with van der Waals surface area (Å²) < 4.78 is 5.42. The molecule has 0 bridgehead atoms. The second-order valence-electron chi connectivity index (χ2n) is 7.60. The molecule has 1 amide bonds. The summed E-state index contributed by atoms with van der Waals surface area (Å²) >= 11 is 6.64. The summed E-state index contributed by atoms with van der Waals surface area (Å²) in [5.74, 6) is 0.567. The average molecular weight is 457 g/mol. The van der Waals surface area contributed by atoms with Gasteiger partial charge in [0, 0.05) is 13.6 Å². The van der Waals surface area contributed by atoms with Gasteiger partial charge >= 0.3 is 6.09 Å². The Kier molecular flexibility index (Phi) is 6.81. The molecule has 0 fully saturated rings. The number of hydrogen-bond acceptors (Lipinski definition) is 7. The van der Waals surface area contributed by atoms with Gasteiger partial charge in [-0.25, -0.2) is 14.8 Å². The first-order valence-corrected chi connectivity index (χ1v) is 10.8. The number of thiophene rings is 1. The molecule has 3 aromatic rings. The number of nitrogens with one attached hydrogen (secondary N) is 2. The van der Waals surface area contributed by atoms with E-state index in [2.05, 4.69) is 32.2 Å². The summed E-state index contributed by atoms with van der Waals surface area (Å²) in [6.07, 6.45) is 3.00. The number of hydrogen-bond donors (Lipinski definition) is 2. The van der Waals surface area contributed by atoms with Crippen molar-refractivity contribution in [2.24, 2.45) is 0 Å². The molecule has 0 aliphatic heterocycles. The summed E-state index contributed by atoms with van der Waals surface area (Å²) in [7, 11) is 1.68. The van der Waals surface area contributed by atoms with Crippen LogP contribution in [0.3, 0.4) is 0 Å². The minimum atomic E-state index is -0.559. The Morgan fingerprint density at radius 3 is 2.77 bits per heavy atom. The second-order valence-corrected chi connectivity index (χ2v) is 9.07. The number of thiocarbonyl (C=S) groups is 1.